The van der Waals surface area contributed by atoms with Crippen LogP contribution in [0, 0.1) is 6.92 Å². The summed E-state index contributed by atoms with van der Waals surface area (Å²) in [5.74, 6) is 0.664. The van der Waals surface area contributed by atoms with Crippen molar-refractivity contribution in [2.45, 2.75) is 26.7 Å². The first-order valence-electron chi connectivity index (χ1n) is 13.7. The number of aromatic amines is 1. The van der Waals surface area contributed by atoms with Gasteiger partial charge in [0.1, 0.15) is 5.82 Å². The lowest BCUT2D eigenvalue weighted by molar-refractivity contribution is -0.126. The summed E-state index contributed by atoms with van der Waals surface area (Å²) in [5.41, 5.74) is 5.94. The lowest BCUT2D eigenvalue weighted by atomic mass is 9.95. The van der Waals surface area contributed by atoms with E-state index in [-0.39, 0.29) is 17.5 Å². The van der Waals surface area contributed by atoms with Crippen molar-refractivity contribution in [3.63, 3.8) is 0 Å². The number of fused-ring (bicyclic) bond motifs is 2. The lowest BCUT2D eigenvalue weighted by Crippen LogP contribution is -2.49. The van der Waals surface area contributed by atoms with E-state index < -0.39 is 0 Å². The fraction of sp³-hybridized carbons (Fsp3) is 0.250. The molecule has 2 aromatic heterocycles. The van der Waals surface area contributed by atoms with Crippen molar-refractivity contribution < 1.29 is 4.79 Å². The van der Waals surface area contributed by atoms with Gasteiger partial charge in [0.05, 0.1) is 22.9 Å². The monoisotopic (exact) mass is 566 g/mol. The number of carbonyl (C=O) groups is 1. The Hall–Kier alpha value is -4.43. The number of benzene rings is 3. The van der Waals surface area contributed by atoms with Gasteiger partial charge in [-0.1, -0.05) is 56.3 Å². The molecule has 1 aliphatic rings. The van der Waals surface area contributed by atoms with Gasteiger partial charge in [0, 0.05) is 47.5 Å². The van der Waals surface area contributed by atoms with Crippen LogP contribution >= 0.6 is 11.6 Å². The number of piperazine rings is 1. The summed E-state index contributed by atoms with van der Waals surface area (Å²) in [7, 11) is 0. The molecular formula is C32H31ClN6O2. The van der Waals surface area contributed by atoms with Gasteiger partial charge in [0.15, 0.2) is 0 Å². The molecule has 208 valence electrons. The molecule has 6 rings (SSSR count). The molecule has 8 nitrogen and oxygen atoms in total. The molecule has 3 heterocycles. The molecule has 41 heavy (non-hydrogen) atoms. The number of para-hydroxylation sites is 1. The lowest BCUT2D eigenvalue weighted by Gasteiger charge is -2.35. The molecule has 1 aliphatic heterocycles. The Morgan fingerprint density at radius 1 is 1.07 bits per heavy atom. The van der Waals surface area contributed by atoms with Gasteiger partial charge in [-0.15, -0.1) is 0 Å². The Bertz CT molecular complexity index is 1880. The molecule has 0 unspecified atom stereocenters. The van der Waals surface area contributed by atoms with Crippen LogP contribution in [0.25, 0.3) is 38.6 Å². The molecule has 0 bridgehead atoms. The Morgan fingerprint density at radius 2 is 1.83 bits per heavy atom. The van der Waals surface area contributed by atoms with Crippen molar-refractivity contribution in [3.8, 4) is 16.8 Å². The van der Waals surface area contributed by atoms with Gasteiger partial charge in [-0.3, -0.25) is 14.5 Å². The van der Waals surface area contributed by atoms with E-state index >= 15 is 0 Å². The molecule has 9 heteroatoms. The number of aryl methyl sites for hydroxylation is 1. The highest BCUT2D eigenvalue weighted by Crippen LogP contribution is 2.40. The van der Waals surface area contributed by atoms with Crippen LogP contribution in [0.4, 0.5) is 5.82 Å². The van der Waals surface area contributed by atoms with E-state index in [9.17, 15) is 9.59 Å². The van der Waals surface area contributed by atoms with E-state index in [1.807, 2.05) is 49.4 Å². The molecule has 5 aromatic rings. The number of halogens is 1. The molecule has 1 N–H and O–H groups in total. The van der Waals surface area contributed by atoms with Gasteiger partial charge < -0.3 is 9.80 Å². The van der Waals surface area contributed by atoms with Crippen LogP contribution in [-0.2, 0) is 4.79 Å². The maximum atomic E-state index is 14.0. The number of aromatic nitrogens is 4. The highest BCUT2D eigenvalue weighted by atomic mass is 35.5. The summed E-state index contributed by atoms with van der Waals surface area (Å²) in [6, 6.07) is 15.9. The first-order valence-corrected chi connectivity index (χ1v) is 14.1. The second-order valence-electron chi connectivity index (χ2n) is 10.7. The van der Waals surface area contributed by atoms with Gasteiger partial charge in [-0.2, -0.15) is 10.1 Å². The Labute approximate surface area is 242 Å². The second-order valence-corrected chi connectivity index (χ2v) is 11.1. The third-order valence-corrected chi connectivity index (χ3v) is 8.24. The van der Waals surface area contributed by atoms with Crippen molar-refractivity contribution in [1.29, 1.82) is 0 Å². The largest absolute Gasteiger partial charge is 0.354 e. The number of hydrogen-bond donors (Lipinski definition) is 1. The van der Waals surface area contributed by atoms with Gasteiger partial charge >= 0.3 is 5.69 Å². The smallest absolute Gasteiger partial charge is 0.352 e. The van der Waals surface area contributed by atoms with E-state index in [1.165, 1.54) is 6.08 Å². The van der Waals surface area contributed by atoms with E-state index in [1.54, 1.807) is 15.7 Å². The van der Waals surface area contributed by atoms with Crippen molar-refractivity contribution >= 4 is 45.1 Å². The minimum atomic E-state index is -0.364. The van der Waals surface area contributed by atoms with Crippen molar-refractivity contribution in [2.24, 2.45) is 0 Å². The van der Waals surface area contributed by atoms with Crippen molar-refractivity contribution in [1.82, 2.24) is 24.6 Å². The summed E-state index contributed by atoms with van der Waals surface area (Å²) in [6.45, 7) is 12.0. The molecule has 0 radical (unpaired) electrons. The standard InChI is InChI=1S/C32H31ClN6O2/c1-5-29(40)37-12-14-38(15-13-37)31-23-16-25(33)22(30-20(4)10-11-26-24(30)18-34-36-26)17-28(23)39(32(41)35-31)27-9-7-6-8-21(27)19(2)3/h5-11,16-19H,1,12-15H2,2-4H3,(H,34,36). The summed E-state index contributed by atoms with van der Waals surface area (Å²) < 4.78 is 1.70. The van der Waals surface area contributed by atoms with E-state index in [4.69, 9.17) is 11.6 Å². The van der Waals surface area contributed by atoms with E-state index in [0.29, 0.717) is 37.0 Å². The second kappa shape index (κ2) is 10.5. The van der Waals surface area contributed by atoms with Crippen molar-refractivity contribution in [3.05, 3.63) is 94.0 Å². The van der Waals surface area contributed by atoms with Gasteiger partial charge in [-0.05, 0) is 59.9 Å². The molecule has 0 saturated carbocycles. The summed E-state index contributed by atoms with van der Waals surface area (Å²) >= 11 is 7.06. The Kier molecular flexibility index (Phi) is 6.87. The minimum Gasteiger partial charge on any atom is -0.352 e. The number of H-pyrrole nitrogens is 1. The molecule has 0 atom stereocenters. The van der Waals surface area contributed by atoms with Crippen LogP contribution in [0.2, 0.25) is 5.02 Å². The summed E-state index contributed by atoms with van der Waals surface area (Å²) in [5, 5.41) is 9.59. The Balaban J connectivity index is 1.62. The average molecular weight is 567 g/mol. The topological polar surface area (TPSA) is 87.1 Å². The molecule has 3 aromatic carbocycles. The number of hydrogen-bond acceptors (Lipinski definition) is 5. The van der Waals surface area contributed by atoms with Crippen LogP contribution in [0.1, 0.15) is 30.9 Å². The summed E-state index contributed by atoms with van der Waals surface area (Å²) in [6.07, 6.45) is 3.14. The van der Waals surface area contributed by atoms with Crippen LogP contribution in [0.15, 0.2) is 72.2 Å². The zero-order valence-corrected chi connectivity index (χ0v) is 24.1. The number of anilines is 1. The minimum absolute atomic E-state index is 0.0975. The summed E-state index contributed by atoms with van der Waals surface area (Å²) in [4.78, 5) is 34.6. The predicted octanol–water partition coefficient (Wildman–Crippen LogP) is 5.85. The van der Waals surface area contributed by atoms with Crippen molar-refractivity contribution in [2.75, 3.05) is 31.1 Å². The zero-order chi connectivity index (χ0) is 28.8. The normalized spacial score (nSPS) is 13.9. The number of amides is 1. The first kappa shape index (κ1) is 26.8. The molecule has 1 saturated heterocycles. The number of rotatable bonds is 5. The third kappa shape index (κ3) is 4.58. The maximum absolute atomic E-state index is 14.0. The highest BCUT2D eigenvalue weighted by Gasteiger charge is 2.25. The molecular weight excluding hydrogens is 536 g/mol. The number of carbonyl (C=O) groups excluding carboxylic acids is 1. The van der Waals surface area contributed by atoms with Gasteiger partial charge in [0.25, 0.3) is 0 Å². The number of nitrogens with zero attached hydrogens (tertiary/aromatic N) is 5. The molecule has 0 aliphatic carbocycles. The maximum Gasteiger partial charge on any atom is 0.354 e. The number of nitrogens with one attached hydrogen (secondary N) is 1. The fourth-order valence-electron chi connectivity index (χ4n) is 5.83. The zero-order valence-electron chi connectivity index (χ0n) is 23.3. The Morgan fingerprint density at radius 3 is 2.56 bits per heavy atom. The van der Waals surface area contributed by atoms with Gasteiger partial charge in [-0.25, -0.2) is 4.79 Å². The van der Waals surface area contributed by atoms with Crippen LogP contribution in [0.5, 0.6) is 0 Å². The first-order chi connectivity index (χ1) is 19.8. The highest BCUT2D eigenvalue weighted by molar-refractivity contribution is 6.35. The predicted molar refractivity (Wildman–Crippen MR) is 165 cm³/mol. The van der Waals surface area contributed by atoms with E-state index in [0.717, 1.165) is 49.7 Å². The SMILES string of the molecule is C=CC(=O)N1CCN(c2nc(=O)n(-c3ccccc3C(C)C)c3cc(-c4c(C)ccc5[nH]ncc45)c(Cl)cc23)CC1. The quantitative estimate of drug-likeness (QED) is 0.270. The van der Waals surface area contributed by atoms with Gasteiger partial charge in [0.2, 0.25) is 5.91 Å². The molecule has 1 amide bonds. The van der Waals surface area contributed by atoms with E-state index in [2.05, 4.69) is 46.6 Å². The fourth-order valence-corrected chi connectivity index (χ4v) is 6.08. The van der Waals surface area contributed by atoms with Crippen LogP contribution < -0.4 is 10.6 Å². The van der Waals surface area contributed by atoms with Crippen LogP contribution in [0.3, 0.4) is 0 Å². The third-order valence-electron chi connectivity index (χ3n) is 7.93. The molecule has 1 fully saturated rings. The molecule has 0 spiro atoms. The average Bonchev–Trinajstić information content (AvgIpc) is 3.45. The van der Waals surface area contributed by atoms with Crippen LogP contribution in [-0.4, -0.2) is 56.7 Å².